The first-order chi connectivity index (χ1) is 12.4. The normalized spacial score (nSPS) is 15.2. The van der Waals surface area contributed by atoms with Crippen molar-refractivity contribution >= 4 is 0 Å². The molecule has 1 heterocycles. The number of aromatic amines is 1. The van der Waals surface area contributed by atoms with Crippen LogP contribution in [0.1, 0.15) is 111 Å². The second kappa shape index (κ2) is 12.3. The predicted molar refractivity (Wildman–Crippen MR) is 113 cm³/mol. The van der Waals surface area contributed by atoms with Crippen LogP contribution in [0.5, 0.6) is 0 Å². The quantitative estimate of drug-likeness (QED) is 0.377. The Morgan fingerprint density at radius 3 is 2.15 bits per heavy atom. The van der Waals surface area contributed by atoms with E-state index in [1.165, 1.54) is 64.2 Å². The monoisotopic (exact) mass is 362 g/mol. The number of unbranched alkanes of at least 4 members (excludes halogenated alkanes) is 6. The first kappa shape index (κ1) is 22.9. The highest BCUT2D eigenvalue weighted by Gasteiger charge is 2.37. The van der Waals surface area contributed by atoms with Crippen LogP contribution in [0.15, 0.2) is 16.9 Å². The second-order valence-corrected chi connectivity index (χ2v) is 8.72. The molecule has 1 rings (SSSR count). The van der Waals surface area contributed by atoms with Gasteiger partial charge in [0.15, 0.2) is 0 Å². The van der Waals surface area contributed by atoms with Gasteiger partial charge in [-0.3, -0.25) is 4.79 Å². The Labute approximate surface area is 161 Å². The third kappa shape index (κ3) is 7.63. The van der Waals surface area contributed by atoms with Crippen molar-refractivity contribution in [2.24, 2.45) is 11.8 Å². The summed E-state index contributed by atoms with van der Waals surface area (Å²) in [7, 11) is 0. The molecule has 0 fully saturated rings. The van der Waals surface area contributed by atoms with Gasteiger partial charge in [-0.15, -0.1) is 0 Å². The number of H-pyrrole nitrogens is 1. The molecule has 0 bridgehead atoms. The summed E-state index contributed by atoms with van der Waals surface area (Å²) in [4.78, 5) is 11.5. The average Bonchev–Trinajstić information content (AvgIpc) is 2.60. The van der Waals surface area contributed by atoms with Gasteiger partial charge < -0.3 is 0 Å². The molecule has 3 nitrogen and oxygen atoms in total. The van der Waals surface area contributed by atoms with Crippen molar-refractivity contribution < 1.29 is 0 Å². The smallest absolute Gasteiger partial charge is 0.264 e. The zero-order chi connectivity index (χ0) is 19.4. The number of nitrogens with one attached hydrogen (secondary N) is 1. The summed E-state index contributed by atoms with van der Waals surface area (Å²) in [5.41, 5.74) is 0.997. The maximum absolute atomic E-state index is 11.5. The van der Waals surface area contributed by atoms with Crippen LogP contribution >= 0.6 is 0 Å². The van der Waals surface area contributed by atoms with Gasteiger partial charge in [0.1, 0.15) is 0 Å². The number of aromatic nitrogens is 2. The molecule has 0 aliphatic heterocycles. The van der Waals surface area contributed by atoms with Crippen LogP contribution in [0, 0.1) is 11.8 Å². The largest absolute Gasteiger partial charge is 0.268 e. The van der Waals surface area contributed by atoms with Gasteiger partial charge in [0.2, 0.25) is 0 Å². The van der Waals surface area contributed by atoms with Gasteiger partial charge in [0.05, 0.1) is 5.69 Å². The van der Waals surface area contributed by atoms with Crippen molar-refractivity contribution in [2.75, 3.05) is 0 Å². The molecule has 26 heavy (non-hydrogen) atoms. The molecule has 0 aliphatic rings. The van der Waals surface area contributed by atoms with Gasteiger partial charge in [-0.25, -0.2) is 5.10 Å². The van der Waals surface area contributed by atoms with Crippen LogP contribution in [-0.2, 0) is 5.41 Å². The molecule has 150 valence electrons. The molecule has 2 atom stereocenters. The van der Waals surface area contributed by atoms with Crippen LogP contribution < -0.4 is 5.56 Å². The Balaban J connectivity index is 2.89. The summed E-state index contributed by atoms with van der Waals surface area (Å²) in [5, 5.41) is 7.14. The standard InChI is InChI=1S/C23H42N2O/c1-6-8-10-11-12-13-15-20(14-9-7-2)23(5,18-19(3)4)21-16-17-22(26)25-24-21/h16-17,19-20H,6-15,18H2,1-5H3,(H,25,26). The molecular formula is C23H42N2O. The molecule has 0 saturated carbocycles. The fourth-order valence-electron chi connectivity index (χ4n) is 4.39. The highest BCUT2D eigenvalue weighted by Crippen LogP contribution is 2.42. The maximum atomic E-state index is 11.5. The summed E-state index contributed by atoms with van der Waals surface area (Å²) < 4.78 is 0. The van der Waals surface area contributed by atoms with Crippen molar-refractivity contribution in [1.29, 1.82) is 0 Å². The van der Waals surface area contributed by atoms with E-state index < -0.39 is 0 Å². The van der Waals surface area contributed by atoms with E-state index in [4.69, 9.17) is 0 Å². The molecule has 0 amide bonds. The van der Waals surface area contributed by atoms with Crippen LogP contribution in [0.2, 0.25) is 0 Å². The lowest BCUT2D eigenvalue weighted by molar-refractivity contribution is 0.201. The van der Waals surface area contributed by atoms with Crippen molar-refractivity contribution in [1.82, 2.24) is 10.2 Å². The van der Waals surface area contributed by atoms with Crippen molar-refractivity contribution in [3.8, 4) is 0 Å². The zero-order valence-corrected chi connectivity index (χ0v) is 17.9. The van der Waals surface area contributed by atoms with Crippen LogP contribution in [0.4, 0.5) is 0 Å². The predicted octanol–water partition coefficient (Wildman–Crippen LogP) is 6.63. The molecule has 0 aromatic carbocycles. The highest BCUT2D eigenvalue weighted by molar-refractivity contribution is 5.16. The number of rotatable bonds is 14. The maximum Gasteiger partial charge on any atom is 0.264 e. The van der Waals surface area contributed by atoms with E-state index in [1.54, 1.807) is 6.07 Å². The van der Waals surface area contributed by atoms with Crippen molar-refractivity contribution in [3.05, 3.63) is 28.2 Å². The molecule has 0 saturated heterocycles. The van der Waals surface area contributed by atoms with E-state index in [9.17, 15) is 4.79 Å². The summed E-state index contributed by atoms with van der Waals surface area (Å²) in [6.07, 6.45) is 14.2. The third-order valence-corrected chi connectivity index (χ3v) is 5.81. The minimum Gasteiger partial charge on any atom is -0.268 e. The van der Waals surface area contributed by atoms with Gasteiger partial charge in [0.25, 0.3) is 5.56 Å². The lowest BCUT2D eigenvalue weighted by Crippen LogP contribution is -2.36. The lowest BCUT2D eigenvalue weighted by Gasteiger charge is -2.39. The van der Waals surface area contributed by atoms with Crippen LogP contribution in [0.3, 0.4) is 0 Å². The van der Waals surface area contributed by atoms with Gasteiger partial charge >= 0.3 is 0 Å². The Morgan fingerprint density at radius 2 is 1.58 bits per heavy atom. The van der Waals surface area contributed by atoms with E-state index in [0.717, 1.165) is 12.1 Å². The van der Waals surface area contributed by atoms with Crippen LogP contribution in [0.25, 0.3) is 0 Å². The molecule has 3 heteroatoms. The first-order valence-corrected chi connectivity index (χ1v) is 11.0. The minimum absolute atomic E-state index is 0.0386. The minimum atomic E-state index is -0.110. The summed E-state index contributed by atoms with van der Waals surface area (Å²) in [5.74, 6) is 1.25. The molecular weight excluding hydrogens is 320 g/mol. The van der Waals surface area contributed by atoms with E-state index in [-0.39, 0.29) is 11.0 Å². The van der Waals surface area contributed by atoms with Crippen molar-refractivity contribution in [2.45, 2.75) is 111 Å². The average molecular weight is 363 g/mol. The first-order valence-electron chi connectivity index (χ1n) is 11.0. The van der Waals surface area contributed by atoms with Crippen molar-refractivity contribution in [3.63, 3.8) is 0 Å². The summed E-state index contributed by atoms with van der Waals surface area (Å²) in [6.45, 7) is 11.5. The number of hydrogen-bond donors (Lipinski definition) is 1. The fourth-order valence-corrected chi connectivity index (χ4v) is 4.39. The van der Waals surface area contributed by atoms with E-state index in [1.807, 2.05) is 6.07 Å². The summed E-state index contributed by atoms with van der Waals surface area (Å²) >= 11 is 0. The Kier molecular flexibility index (Phi) is 10.8. The molecule has 0 spiro atoms. The Bertz CT molecular complexity index is 517. The Morgan fingerprint density at radius 1 is 0.962 bits per heavy atom. The third-order valence-electron chi connectivity index (χ3n) is 5.81. The zero-order valence-electron chi connectivity index (χ0n) is 17.9. The van der Waals surface area contributed by atoms with E-state index in [2.05, 4.69) is 44.8 Å². The lowest BCUT2D eigenvalue weighted by atomic mass is 9.66. The number of nitrogens with zero attached hydrogens (tertiary/aromatic N) is 1. The number of hydrogen-bond acceptors (Lipinski definition) is 2. The fraction of sp³-hybridized carbons (Fsp3) is 0.826. The van der Waals surface area contributed by atoms with Gasteiger partial charge in [-0.05, 0) is 37.2 Å². The second-order valence-electron chi connectivity index (χ2n) is 8.72. The topological polar surface area (TPSA) is 45.8 Å². The van der Waals surface area contributed by atoms with Gasteiger partial charge in [0, 0.05) is 11.5 Å². The van der Waals surface area contributed by atoms with E-state index >= 15 is 0 Å². The SMILES string of the molecule is CCCCCCCCC(CCCC)C(C)(CC(C)C)c1ccc(=O)[nH]n1. The molecule has 1 aromatic rings. The Hall–Kier alpha value is -1.12. The molecule has 2 unspecified atom stereocenters. The van der Waals surface area contributed by atoms with Gasteiger partial charge in [-0.2, -0.15) is 5.10 Å². The van der Waals surface area contributed by atoms with Gasteiger partial charge in [-0.1, -0.05) is 86.0 Å². The highest BCUT2D eigenvalue weighted by atomic mass is 16.1. The molecule has 1 N–H and O–H groups in total. The molecule has 0 radical (unpaired) electrons. The summed E-state index contributed by atoms with van der Waals surface area (Å²) in [6, 6.07) is 3.60. The van der Waals surface area contributed by atoms with E-state index in [0.29, 0.717) is 11.8 Å². The molecule has 0 aliphatic carbocycles. The molecule has 1 aromatic heterocycles. The van der Waals surface area contributed by atoms with Crippen LogP contribution in [-0.4, -0.2) is 10.2 Å².